The third-order valence-electron chi connectivity index (χ3n) is 4.51. The molecule has 2 heterocycles. The third kappa shape index (κ3) is 3.56. The second-order valence-electron chi connectivity index (χ2n) is 6.21. The number of amidine groups is 1. The first-order valence-electron chi connectivity index (χ1n) is 7.94. The molecule has 2 amide bonds. The molecule has 26 heavy (non-hydrogen) atoms. The van der Waals surface area contributed by atoms with E-state index in [1.807, 2.05) is 0 Å². The summed E-state index contributed by atoms with van der Waals surface area (Å²) in [6, 6.07) is 4.82. The molecule has 3 rings (SSSR count). The van der Waals surface area contributed by atoms with Gasteiger partial charge >= 0.3 is 12.3 Å². The minimum atomic E-state index is -4.43. The number of nitrogens with one attached hydrogen (secondary N) is 1. The van der Waals surface area contributed by atoms with E-state index in [-0.39, 0.29) is 37.7 Å². The Morgan fingerprint density at radius 3 is 2.58 bits per heavy atom. The third-order valence-corrected chi connectivity index (χ3v) is 4.51. The van der Waals surface area contributed by atoms with E-state index in [0.29, 0.717) is 5.56 Å². The number of halogens is 3. The van der Waals surface area contributed by atoms with Crippen molar-refractivity contribution in [2.24, 2.45) is 4.99 Å². The number of likely N-dealkylation sites (tertiary alicyclic amines) is 1. The van der Waals surface area contributed by atoms with Gasteiger partial charge in [-0.05, 0) is 36.6 Å². The number of piperidine rings is 1. The summed E-state index contributed by atoms with van der Waals surface area (Å²) < 4.78 is 38.2. The second kappa shape index (κ2) is 6.47. The Hall–Kier alpha value is -2.84. The molecule has 0 unspecified atom stereocenters. The van der Waals surface area contributed by atoms with Crippen LogP contribution in [0.4, 0.5) is 18.0 Å². The SMILES string of the molecule is O=C(O)N1CCC2(CC1)N=C(/C=C/c1cccc(C(F)(F)F)c1)NC2=O. The van der Waals surface area contributed by atoms with Crippen LogP contribution in [-0.4, -0.2) is 46.5 Å². The fourth-order valence-electron chi connectivity index (χ4n) is 3.02. The van der Waals surface area contributed by atoms with Crippen LogP contribution < -0.4 is 5.32 Å². The number of amides is 2. The number of aliphatic imine (C=N–C) groups is 1. The predicted octanol–water partition coefficient (Wildman–Crippen LogP) is 2.76. The molecular formula is C17H16F3N3O3. The molecule has 0 bridgehead atoms. The molecule has 138 valence electrons. The maximum absolute atomic E-state index is 12.7. The molecule has 0 aliphatic carbocycles. The summed E-state index contributed by atoms with van der Waals surface area (Å²) in [7, 11) is 0. The zero-order valence-electron chi connectivity index (χ0n) is 13.6. The van der Waals surface area contributed by atoms with Gasteiger partial charge in [0.1, 0.15) is 11.4 Å². The van der Waals surface area contributed by atoms with Crippen LogP contribution in [0.1, 0.15) is 24.0 Å². The molecule has 2 aliphatic rings. The van der Waals surface area contributed by atoms with Crippen molar-refractivity contribution in [1.29, 1.82) is 0 Å². The lowest BCUT2D eigenvalue weighted by Crippen LogP contribution is -2.50. The lowest BCUT2D eigenvalue weighted by atomic mass is 9.88. The maximum atomic E-state index is 12.7. The van der Waals surface area contributed by atoms with Gasteiger partial charge in [-0.15, -0.1) is 0 Å². The van der Waals surface area contributed by atoms with Crippen LogP contribution in [0.5, 0.6) is 0 Å². The molecule has 6 nitrogen and oxygen atoms in total. The highest BCUT2D eigenvalue weighted by molar-refractivity contribution is 6.14. The summed E-state index contributed by atoms with van der Waals surface area (Å²) in [5.74, 6) is -0.0533. The molecule has 0 radical (unpaired) electrons. The predicted molar refractivity (Wildman–Crippen MR) is 87.6 cm³/mol. The van der Waals surface area contributed by atoms with E-state index in [1.54, 1.807) is 0 Å². The van der Waals surface area contributed by atoms with Gasteiger partial charge in [0.15, 0.2) is 0 Å². The zero-order valence-corrected chi connectivity index (χ0v) is 13.6. The highest BCUT2D eigenvalue weighted by Gasteiger charge is 2.46. The van der Waals surface area contributed by atoms with Gasteiger partial charge in [-0.3, -0.25) is 9.79 Å². The Morgan fingerprint density at radius 1 is 1.27 bits per heavy atom. The van der Waals surface area contributed by atoms with Gasteiger partial charge in [0.25, 0.3) is 5.91 Å². The minimum absolute atomic E-state index is 0.205. The standard InChI is InChI=1S/C17H16F3N3O3/c18-17(19,20)12-3-1-2-11(10-12)4-5-13-21-14(24)16(22-13)6-8-23(9-7-16)15(25)26/h1-5,10H,6-9H2,(H,25,26)(H,21,22,24)/b5-4+. The number of rotatable bonds is 2. The van der Waals surface area contributed by atoms with Crippen molar-refractivity contribution in [1.82, 2.24) is 10.2 Å². The molecule has 9 heteroatoms. The molecule has 1 saturated heterocycles. The Morgan fingerprint density at radius 2 is 1.96 bits per heavy atom. The average molecular weight is 367 g/mol. The smallest absolute Gasteiger partial charge is 0.416 e. The fourth-order valence-corrected chi connectivity index (χ4v) is 3.02. The minimum Gasteiger partial charge on any atom is -0.465 e. The van der Waals surface area contributed by atoms with Gasteiger partial charge in [0.2, 0.25) is 0 Å². The van der Waals surface area contributed by atoms with Crippen LogP contribution in [0.15, 0.2) is 35.3 Å². The summed E-state index contributed by atoms with van der Waals surface area (Å²) in [4.78, 5) is 28.8. The van der Waals surface area contributed by atoms with E-state index < -0.39 is 23.4 Å². The zero-order chi connectivity index (χ0) is 18.9. The van der Waals surface area contributed by atoms with Gasteiger partial charge in [-0.1, -0.05) is 18.2 Å². The monoisotopic (exact) mass is 367 g/mol. The van der Waals surface area contributed by atoms with E-state index in [4.69, 9.17) is 5.11 Å². The Bertz CT molecular complexity index is 794. The number of benzene rings is 1. The quantitative estimate of drug-likeness (QED) is 0.843. The Kier molecular flexibility index (Phi) is 4.47. The van der Waals surface area contributed by atoms with Gasteiger partial charge in [0, 0.05) is 13.1 Å². The first-order valence-corrected chi connectivity index (χ1v) is 7.94. The van der Waals surface area contributed by atoms with Crippen molar-refractivity contribution >= 4 is 23.9 Å². The van der Waals surface area contributed by atoms with Crippen LogP contribution >= 0.6 is 0 Å². The molecule has 0 aromatic heterocycles. The highest BCUT2D eigenvalue weighted by Crippen LogP contribution is 2.31. The number of carbonyl (C=O) groups is 2. The van der Waals surface area contributed by atoms with Crippen LogP contribution in [-0.2, 0) is 11.0 Å². The second-order valence-corrected chi connectivity index (χ2v) is 6.21. The molecule has 2 N–H and O–H groups in total. The van der Waals surface area contributed by atoms with Gasteiger partial charge in [0.05, 0.1) is 5.56 Å². The number of hydrogen-bond acceptors (Lipinski definition) is 3. The number of carbonyl (C=O) groups excluding carboxylic acids is 1. The van der Waals surface area contributed by atoms with E-state index >= 15 is 0 Å². The van der Waals surface area contributed by atoms with Crippen molar-refractivity contribution in [2.75, 3.05) is 13.1 Å². The Labute approximate surface area is 147 Å². The van der Waals surface area contributed by atoms with Crippen molar-refractivity contribution in [3.63, 3.8) is 0 Å². The fraction of sp³-hybridized carbons (Fsp3) is 0.353. The molecule has 2 aliphatic heterocycles. The van der Waals surface area contributed by atoms with Crippen LogP contribution in [0.3, 0.4) is 0 Å². The molecular weight excluding hydrogens is 351 g/mol. The lowest BCUT2D eigenvalue weighted by molar-refractivity contribution is -0.137. The first-order chi connectivity index (χ1) is 12.2. The lowest BCUT2D eigenvalue weighted by Gasteiger charge is -2.33. The van der Waals surface area contributed by atoms with Gasteiger partial charge < -0.3 is 15.3 Å². The molecule has 0 saturated carbocycles. The van der Waals surface area contributed by atoms with Crippen molar-refractivity contribution in [3.8, 4) is 0 Å². The number of nitrogens with zero attached hydrogens (tertiary/aromatic N) is 2. The molecule has 1 aromatic carbocycles. The molecule has 1 aromatic rings. The molecule has 1 fully saturated rings. The summed E-state index contributed by atoms with van der Waals surface area (Å²) in [6.45, 7) is 0.410. The largest absolute Gasteiger partial charge is 0.465 e. The summed E-state index contributed by atoms with van der Waals surface area (Å²) in [5.41, 5.74) is -1.42. The van der Waals surface area contributed by atoms with E-state index in [9.17, 15) is 22.8 Å². The normalized spacial score (nSPS) is 19.7. The Balaban J connectivity index is 1.74. The van der Waals surface area contributed by atoms with Crippen molar-refractivity contribution in [2.45, 2.75) is 24.6 Å². The maximum Gasteiger partial charge on any atom is 0.416 e. The molecule has 1 spiro atoms. The van der Waals surface area contributed by atoms with E-state index in [0.717, 1.165) is 12.1 Å². The van der Waals surface area contributed by atoms with E-state index in [1.165, 1.54) is 29.2 Å². The molecule has 0 atom stereocenters. The van der Waals surface area contributed by atoms with Crippen LogP contribution in [0.2, 0.25) is 0 Å². The van der Waals surface area contributed by atoms with Crippen molar-refractivity contribution in [3.05, 3.63) is 41.5 Å². The summed E-state index contributed by atoms with van der Waals surface area (Å²) >= 11 is 0. The van der Waals surface area contributed by atoms with Crippen molar-refractivity contribution < 1.29 is 27.9 Å². The average Bonchev–Trinajstić information content (AvgIpc) is 2.88. The van der Waals surface area contributed by atoms with Crippen LogP contribution in [0, 0.1) is 0 Å². The van der Waals surface area contributed by atoms with Crippen LogP contribution in [0.25, 0.3) is 6.08 Å². The highest BCUT2D eigenvalue weighted by atomic mass is 19.4. The first kappa shape index (κ1) is 18.0. The number of carboxylic acid groups (broad SMARTS) is 1. The number of alkyl halides is 3. The summed E-state index contributed by atoms with van der Waals surface area (Å²) in [5, 5.41) is 11.6. The number of hydrogen-bond donors (Lipinski definition) is 2. The topological polar surface area (TPSA) is 82.0 Å². The van der Waals surface area contributed by atoms with Gasteiger partial charge in [-0.25, -0.2) is 4.79 Å². The van der Waals surface area contributed by atoms with E-state index in [2.05, 4.69) is 10.3 Å². The summed E-state index contributed by atoms with van der Waals surface area (Å²) in [6.07, 6.45) is -2.03. The van der Waals surface area contributed by atoms with Gasteiger partial charge in [-0.2, -0.15) is 13.2 Å².